The number of pyridine rings is 2. The number of aromatic nitrogens is 2. The van der Waals surface area contributed by atoms with E-state index in [9.17, 15) is 24.3 Å². The summed E-state index contributed by atoms with van der Waals surface area (Å²) < 4.78 is 6.11. The largest absolute Gasteiger partial charge is 0.506 e. The van der Waals surface area contributed by atoms with Crippen molar-refractivity contribution in [1.29, 1.82) is 0 Å². The van der Waals surface area contributed by atoms with Crippen molar-refractivity contribution < 1.29 is 19.4 Å². The number of H-pyrrole nitrogens is 2. The smallest absolute Gasteiger partial charge is 0.349 e. The zero-order chi connectivity index (χ0) is 35.9. The van der Waals surface area contributed by atoms with E-state index in [1.165, 1.54) is 0 Å². The number of nitrogens with two attached hydrogens (primary N) is 1. The van der Waals surface area contributed by atoms with Crippen LogP contribution in [0.5, 0.6) is 5.75 Å². The number of aromatic hydroxyl groups is 1. The number of benzene rings is 4. The van der Waals surface area contributed by atoms with Gasteiger partial charge in [0.25, 0.3) is 17.0 Å². The van der Waals surface area contributed by atoms with Gasteiger partial charge in [-0.05, 0) is 22.3 Å². The number of nitrogens with one attached hydrogen (secondary N) is 2. The summed E-state index contributed by atoms with van der Waals surface area (Å²) in [6.07, 6.45) is 0. The quantitative estimate of drug-likeness (QED) is 0.116. The molecule has 0 aliphatic heterocycles. The van der Waals surface area contributed by atoms with Crippen LogP contribution in [0, 0.1) is 0 Å². The minimum atomic E-state index is -0.736. The number of carbonyl (C=O) groups is 2. The summed E-state index contributed by atoms with van der Waals surface area (Å²) in [5.74, 6) is -1.65. The van der Waals surface area contributed by atoms with E-state index >= 15 is 0 Å². The van der Waals surface area contributed by atoms with Crippen LogP contribution in [0.2, 0.25) is 0 Å². The van der Waals surface area contributed by atoms with Gasteiger partial charge in [0.05, 0.1) is 16.5 Å². The molecule has 4 aromatic carbocycles. The lowest BCUT2D eigenvalue weighted by atomic mass is 9.94. The third-order valence-electron chi connectivity index (χ3n) is 8.81. The maximum absolute atomic E-state index is 14.3. The van der Waals surface area contributed by atoms with E-state index in [-0.39, 0.29) is 33.2 Å². The van der Waals surface area contributed by atoms with E-state index in [1.807, 2.05) is 72.8 Å². The van der Waals surface area contributed by atoms with Crippen molar-refractivity contribution >= 4 is 55.0 Å². The van der Waals surface area contributed by atoms with Gasteiger partial charge in [-0.15, -0.1) is 22.7 Å². The van der Waals surface area contributed by atoms with Gasteiger partial charge in [0.15, 0.2) is 0 Å². The average Bonchev–Trinajstić information content (AvgIpc) is 3.75. The number of carbonyl (C=O) groups excluding carboxylic acids is 2. The van der Waals surface area contributed by atoms with E-state index in [2.05, 4.69) is 9.97 Å². The van der Waals surface area contributed by atoms with Gasteiger partial charge in [-0.3, -0.25) is 14.4 Å². The minimum absolute atomic E-state index is 0.0811. The molecule has 0 saturated heterocycles. The van der Waals surface area contributed by atoms with Crippen LogP contribution in [0.15, 0.2) is 131 Å². The average molecular weight is 722 g/mol. The van der Waals surface area contributed by atoms with Crippen molar-refractivity contribution in [3.8, 4) is 50.3 Å². The van der Waals surface area contributed by atoms with Crippen LogP contribution in [-0.2, 0) is 11.3 Å². The fourth-order valence-electron chi connectivity index (χ4n) is 6.59. The minimum Gasteiger partial charge on any atom is -0.506 e. The van der Waals surface area contributed by atoms with Crippen LogP contribution >= 0.6 is 22.7 Å². The molecule has 0 aliphatic carbocycles. The van der Waals surface area contributed by atoms with E-state index in [1.54, 1.807) is 48.5 Å². The highest BCUT2D eigenvalue weighted by molar-refractivity contribution is 7.21. The fraction of sp³-hybridized carbons (Fsp3) is 0.0244. The van der Waals surface area contributed by atoms with Crippen molar-refractivity contribution in [3.63, 3.8) is 0 Å². The first kappa shape index (κ1) is 32.6. The third kappa shape index (κ3) is 5.58. The van der Waals surface area contributed by atoms with E-state index in [4.69, 9.17) is 10.5 Å². The number of esters is 1. The monoisotopic (exact) mass is 721 g/mol. The van der Waals surface area contributed by atoms with Gasteiger partial charge >= 0.3 is 5.97 Å². The second-order valence-electron chi connectivity index (χ2n) is 11.9. The number of hydrogen-bond acceptors (Lipinski definition) is 8. The summed E-state index contributed by atoms with van der Waals surface area (Å²) >= 11 is 2.06. The van der Waals surface area contributed by atoms with Crippen molar-refractivity contribution in [1.82, 2.24) is 9.97 Å². The number of primary amides is 1. The standard InChI is InChI=1S/C41H27N3O6S2/c42-36(46)34-28(23-15-7-2-8-16-23)31-26(27(22-13-5-1-6-14-22)37(47)43-39(31)51-34)21-50-41(49)35-29(24-17-9-3-10-18-24)32-33(45)30(25-19-11-4-12-20-25)38(48)44-40(32)52-35/h1-20H,21H2,(H2,42,46)(H,43,47)(H2,44,45,48). The summed E-state index contributed by atoms with van der Waals surface area (Å²) in [6.45, 7) is -0.349. The normalized spacial score (nSPS) is 11.2. The first-order valence-corrected chi connectivity index (χ1v) is 17.8. The van der Waals surface area contributed by atoms with Gasteiger partial charge in [-0.2, -0.15) is 0 Å². The molecule has 254 valence electrons. The highest BCUT2D eigenvalue weighted by Crippen LogP contribution is 2.46. The Morgan fingerprint density at radius 3 is 1.48 bits per heavy atom. The molecule has 52 heavy (non-hydrogen) atoms. The molecule has 11 heteroatoms. The molecule has 0 fully saturated rings. The maximum atomic E-state index is 14.3. The van der Waals surface area contributed by atoms with Gasteiger partial charge < -0.3 is 25.5 Å². The first-order chi connectivity index (χ1) is 25.3. The van der Waals surface area contributed by atoms with Crippen LogP contribution in [-0.4, -0.2) is 27.0 Å². The number of amides is 1. The molecule has 4 aromatic heterocycles. The van der Waals surface area contributed by atoms with Gasteiger partial charge in [0.1, 0.15) is 31.8 Å². The molecule has 1 amide bonds. The number of hydrogen-bond donors (Lipinski definition) is 4. The summed E-state index contributed by atoms with van der Waals surface area (Å²) in [7, 11) is 0. The number of ether oxygens (including phenoxy) is 1. The number of fused-ring (bicyclic) bond motifs is 2. The molecule has 0 spiro atoms. The molecule has 0 unspecified atom stereocenters. The van der Waals surface area contributed by atoms with Crippen molar-refractivity contribution in [2.75, 3.05) is 0 Å². The highest BCUT2D eigenvalue weighted by Gasteiger charge is 2.29. The Bertz CT molecular complexity index is 2770. The Hall–Kier alpha value is -6.56. The summed E-state index contributed by atoms with van der Waals surface area (Å²) in [6, 6.07) is 36.1. The second-order valence-corrected chi connectivity index (χ2v) is 14.0. The Balaban J connectivity index is 1.32. The molecule has 0 radical (unpaired) electrons. The van der Waals surface area contributed by atoms with Crippen LogP contribution in [0.3, 0.4) is 0 Å². The summed E-state index contributed by atoms with van der Waals surface area (Å²) in [5.41, 5.74) is 9.05. The highest BCUT2D eigenvalue weighted by atomic mass is 32.1. The Kier molecular flexibility index (Phi) is 8.34. The Labute approximate surface area is 303 Å². The lowest BCUT2D eigenvalue weighted by Gasteiger charge is -2.14. The van der Waals surface area contributed by atoms with Crippen LogP contribution in [0.4, 0.5) is 0 Å². The van der Waals surface area contributed by atoms with Gasteiger partial charge in [0, 0.05) is 22.1 Å². The van der Waals surface area contributed by atoms with E-state index in [0.29, 0.717) is 59.4 Å². The molecule has 0 atom stereocenters. The molecule has 0 saturated carbocycles. The first-order valence-electron chi connectivity index (χ1n) is 16.1. The second kappa shape index (κ2) is 13.3. The fourth-order valence-corrected chi connectivity index (χ4v) is 8.80. The SMILES string of the molecule is NC(=O)c1sc2[nH]c(=O)c(-c3ccccc3)c(COC(=O)c3sc4[nH]c(=O)c(-c5ccccc5)c(O)c4c3-c3ccccc3)c2c1-c1ccccc1. The van der Waals surface area contributed by atoms with E-state index in [0.717, 1.165) is 22.7 Å². The molecule has 0 aliphatic rings. The number of thiophene rings is 2. The molecular weight excluding hydrogens is 695 g/mol. The number of aromatic amines is 2. The number of rotatable bonds is 8. The molecular formula is C41H27N3O6S2. The van der Waals surface area contributed by atoms with Crippen molar-refractivity contribution in [2.24, 2.45) is 5.73 Å². The van der Waals surface area contributed by atoms with E-state index < -0.39 is 23.0 Å². The predicted octanol–water partition coefficient (Wildman–Crippen LogP) is 8.32. The summed E-state index contributed by atoms with van der Waals surface area (Å²) in [5, 5.41) is 12.5. The lowest BCUT2D eigenvalue weighted by Crippen LogP contribution is -2.14. The molecule has 8 aromatic rings. The molecule has 4 heterocycles. The maximum Gasteiger partial charge on any atom is 0.349 e. The molecule has 5 N–H and O–H groups in total. The molecule has 9 nitrogen and oxygen atoms in total. The zero-order valence-corrected chi connectivity index (χ0v) is 28.8. The lowest BCUT2D eigenvalue weighted by molar-refractivity contribution is 0.0481. The van der Waals surface area contributed by atoms with Crippen molar-refractivity contribution in [3.05, 3.63) is 157 Å². The van der Waals surface area contributed by atoms with Crippen molar-refractivity contribution in [2.45, 2.75) is 6.61 Å². The Morgan fingerprint density at radius 1 is 0.577 bits per heavy atom. The van der Waals surface area contributed by atoms with Crippen LogP contribution in [0.1, 0.15) is 24.9 Å². The zero-order valence-electron chi connectivity index (χ0n) is 27.1. The van der Waals surface area contributed by atoms with Gasteiger partial charge in [-0.1, -0.05) is 121 Å². The molecule has 8 rings (SSSR count). The Morgan fingerprint density at radius 2 is 0.981 bits per heavy atom. The van der Waals surface area contributed by atoms with Crippen LogP contribution < -0.4 is 16.9 Å². The van der Waals surface area contributed by atoms with Gasteiger partial charge in [0.2, 0.25) is 0 Å². The van der Waals surface area contributed by atoms with Crippen LogP contribution in [0.25, 0.3) is 64.9 Å². The topological polar surface area (TPSA) is 155 Å². The molecule has 0 bridgehead atoms. The summed E-state index contributed by atoms with van der Waals surface area (Å²) in [4.78, 5) is 61.2. The third-order valence-corrected chi connectivity index (χ3v) is 11.0. The van der Waals surface area contributed by atoms with Gasteiger partial charge in [-0.25, -0.2) is 4.79 Å². The predicted molar refractivity (Wildman–Crippen MR) is 206 cm³/mol.